The van der Waals surface area contributed by atoms with E-state index < -0.39 is 5.97 Å². The van der Waals surface area contributed by atoms with Gasteiger partial charge in [0.25, 0.3) is 17.0 Å². The van der Waals surface area contributed by atoms with E-state index in [1.165, 1.54) is 7.11 Å². The highest BCUT2D eigenvalue weighted by Gasteiger charge is 2.16. The van der Waals surface area contributed by atoms with Crippen molar-refractivity contribution in [2.75, 3.05) is 7.11 Å². The third kappa shape index (κ3) is 30.5. The highest BCUT2D eigenvalue weighted by molar-refractivity contribution is 9.10. The summed E-state index contributed by atoms with van der Waals surface area (Å²) in [6, 6.07) is 50.1. The van der Waals surface area contributed by atoms with Crippen LogP contribution in [0.4, 0.5) is 0 Å². The Kier molecular flexibility index (Phi) is 36.0. The lowest BCUT2D eigenvalue weighted by atomic mass is 10.1. The zero-order chi connectivity index (χ0) is 79.2. The van der Waals surface area contributed by atoms with E-state index in [0.29, 0.717) is 58.1 Å². The Bertz CT molecular complexity index is 4830. The predicted octanol–water partition coefficient (Wildman–Crippen LogP) is 15.0. The van der Waals surface area contributed by atoms with E-state index in [9.17, 15) is 24.0 Å². The van der Waals surface area contributed by atoms with Crippen molar-refractivity contribution in [1.29, 1.82) is 0 Å². The molecule has 7 heterocycles. The molecular formula is C80H83Br2ClN14O12. The molecule has 1 amide bonds. The van der Waals surface area contributed by atoms with E-state index in [0.717, 1.165) is 59.3 Å². The van der Waals surface area contributed by atoms with Gasteiger partial charge in [-0.1, -0.05) is 92.5 Å². The lowest BCUT2D eigenvalue weighted by molar-refractivity contribution is 0.0599. The predicted molar refractivity (Wildman–Crippen MR) is 420 cm³/mol. The maximum absolute atomic E-state index is 12.4. The van der Waals surface area contributed by atoms with Gasteiger partial charge in [0.05, 0.1) is 24.3 Å². The molecule has 0 radical (unpaired) electrons. The molecule has 0 saturated heterocycles. The van der Waals surface area contributed by atoms with Crippen LogP contribution in [0, 0.1) is 27.7 Å². The van der Waals surface area contributed by atoms with E-state index in [4.69, 9.17) is 46.5 Å². The van der Waals surface area contributed by atoms with Gasteiger partial charge in [-0.15, -0.1) is 0 Å². The standard InChI is InChI=1S/C21H22N4O3.C14H14N2O3.C13H12N2O3.C12H11BrN2O.C8H9BrO.C8H12N2O.C4H3ClN2/c1-13-11-14(2)25-20(27)18(13)12-24-19(26)17-7-5-16(6-8-17)15(3)28-21-22-9-4-10-23-21;1-10(19-14-15-8-3-9-16-14)11-4-6-12(7-5-11)13(17)18-2;1-9(18-13-14-7-2-8-15-13)10-3-5-11(6-4-10)12(16)17;1-9(10-3-5-11(13)6-4-10)16-12-14-7-2-8-15-12;1-6(10)7-2-4-8(9)5-3-7;1-5-3-6(2)10-8(11)7(5)4-9;5-4-6-2-1-3-7-4/h4-11,15H,12H2,1-3H3,(H,24,26)(H,25,27);3-10H,1-2H3;2-9H,1H3,(H,16,17);2-9H,1H3;2-6,10H,1H3;3H,4,9H2,1-2H3,(H,10,11);1-3H. The third-order valence-electron chi connectivity index (χ3n) is 15.2. The molecule has 12 rings (SSSR count). The Hall–Kier alpha value is -11.8. The van der Waals surface area contributed by atoms with Gasteiger partial charge in [-0.2, -0.15) is 0 Å². The molecule has 7 N–H and O–H groups in total. The maximum Gasteiger partial charge on any atom is 0.337 e. The first-order valence-electron chi connectivity index (χ1n) is 33.7. The summed E-state index contributed by atoms with van der Waals surface area (Å²) in [5.41, 5.74) is 15.9. The van der Waals surface area contributed by atoms with Crippen LogP contribution in [0.15, 0.2) is 244 Å². The number of hydrogen-bond donors (Lipinski definition) is 6. The topological polar surface area (TPSA) is 370 Å². The van der Waals surface area contributed by atoms with E-state index >= 15 is 0 Å². The number of carbonyl (C=O) groups is 3. The Morgan fingerprint density at radius 2 is 0.752 bits per heavy atom. The molecule has 0 bridgehead atoms. The van der Waals surface area contributed by atoms with Crippen molar-refractivity contribution in [3.05, 3.63) is 339 Å². The molecule has 0 aliphatic heterocycles. The molecule has 5 unspecified atom stereocenters. The van der Waals surface area contributed by atoms with Gasteiger partial charge in [-0.3, -0.25) is 14.4 Å². The third-order valence-corrected chi connectivity index (χ3v) is 16.5. The summed E-state index contributed by atoms with van der Waals surface area (Å²) in [7, 11) is 1.36. The minimum absolute atomic E-state index is 0.0597. The molecule has 26 nitrogen and oxygen atoms in total. The van der Waals surface area contributed by atoms with Crippen LogP contribution in [0.3, 0.4) is 0 Å². The number of carboxylic acid groups (broad SMARTS) is 1. The number of nitrogens with two attached hydrogens (primary N) is 1. The number of aromatic carboxylic acids is 1. The van der Waals surface area contributed by atoms with Gasteiger partial charge in [-0.05, 0) is 216 Å². The Balaban J connectivity index is 0.000000206. The summed E-state index contributed by atoms with van der Waals surface area (Å²) >= 11 is 12.0. The highest BCUT2D eigenvalue weighted by atomic mass is 79.9. The summed E-state index contributed by atoms with van der Waals surface area (Å²) in [5, 5.41) is 21.0. The fourth-order valence-corrected chi connectivity index (χ4v) is 10.0. The van der Waals surface area contributed by atoms with Crippen molar-refractivity contribution < 1.29 is 48.3 Å². The van der Waals surface area contributed by atoms with Gasteiger partial charge in [0.1, 0.15) is 24.4 Å². The summed E-state index contributed by atoms with van der Waals surface area (Å²) in [5.74, 6) is -1.54. The second kappa shape index (κ2) is 45.6. The maximum atomic E-state index is 12.4. The van der Waals surface area contributed by atoms with E-state index in [1.54, 1.807) is 148 Å². The van der Waals surface area contributed by atoms with Crippen molar-refractivity contribution in [3.63, 3.8) is 0 Å². The van der Waals surface area contributed by atoms with Gasteiger partial charge in [0.2, 0.25) is 5.28 Å². The van der Waals surface area contributed by atoms with Crippen LogP contribution >= 0.6 is 43.5 Å². The zero-order valence-corrected chi connectivity index (χ0v) is 65.3. The van der Waals surface area contributed by atoms with Crippen molar-refractivity contribution in [2.24, 2.45) is 5.73 Å². The molecule has 0 aliphatic rings. The van der Waals surface area contributed by atoms with Crippen molar-refractivity contribution >= 4 is 61.3 Å². The number of halogens is 3. The SMILES string of the molecule is CC(O)c1ccc(Br)cc1.CC(Oc1ncccn1)c1ccc(Br)cc1.CC(Oc1ncccn1)c1ccc(C(=O)O)cc1.COC(=O)c1ccc(C(C)Oc2ncccn2)cc1.Cc1cc(C)c(CN)c(=O)[nH]1.Cc1cc(C)c(CNC(=O)c2ccc(C(C)Oc3ncccn3)cc2)c(=O)[nH]1.Clc1ncccn1. The second-order valence-electron chi connectivity index (χ2n) is 23.4. The Labute approximate surface area is 652 Å². The summed E-state index contributed by atoms with van der Waals surface area (Å²) in [4.78, 5) is 102. The normalized spacial score (nSPS) is 11.6. The number of aliphatic hydroxyl groups excluding tert-OH is 1. The van der Waals surface area contributed by atoms with E-state index in [-0.39, 0.29) is 65.6 Å². The number of nitrogens with one attached hydrogen (secondary N) is 3. The van der Waals surface area contributed by atoms with E-state index in [2.05, 4.69) is 102 Å². The first kappa shape index (κ1) is 86.1. The van der Waals surface area contributed by atoms with Crippen molar-refractivity contribution in [3.8, 4) is 24.0 Å². The number of hydrogen-bond acceptors (Lipinski definition) is 22. The number of ether oxygens (including phenoxy) is 5. The van der Waals surface area contributed by atoms with Gasteiger partial charge in [0.15, 0.2) is 0 Å². The van der Waals surface area contributed by atoms with Crippen LogP contribution < -0.4 is 41.1 Å². The quantitative estimate of drug-likeness (QED) is 0.0323. The molecule has 0 fully saturated rings. The second-order valence-corrected chi connectivity index (χ2v) is 25.6. The average Bonchev–Trinajstić information content (AvgIpc) is 0.867. The van der Waals surface area contributed by atoms with Gasteiger partial charge < -0.3 is 54.9 Å². The minimum Gasteiger partial charge on any atom is -0.478 e. The molecule has 0 aliphatic carbocycles. The number of aromatic amines is 2. The molecular weight excluding hydrogens is 1540 g/mol. The smallest absolute Gasteiger partial charge is 0.337 e. The number of carbonyl (C=O) groups excluding carboxylic acids is 2. The molecule has 0 saturated carbocycles. The zero-order valence-electron chi connectivity index (χ0n) is 61.3. The number of rotatable bonds is 19. The largest absolute Gasteiger partial charge is 0.478 e. The van der Waals surface area contributed by atoms with E-state index in [1.807, 2.05) is 140 Å². The molecule has 5 atom stereocenters. The van der Waals surface area contributed by atoms with Gasteiger partial charge in [-0.25, -0.2) is 59.4 Å². The lowest BCUT2D eigenvalue weighted by Gasteiger charge is -2.14. The molecule has 12 aromatic rings. The first-order chi connectivity index (χ1) is 52.3. The molecule has 7 aromatic heterocycles. The summed E-state index contributed by atoms with van der Waals surface area (Å²) in [6.07, 6.45) is 15.1. The van der Waals surface area contributed by atoms with Crippen molar-refractivity contribution in [1.82, 2.24) is 65.1 Å². The number of carboxylic acids is 1. The first-order valence-corrected chi connectivity index (χ1v) is 35.6. The number of nitrogens with zero attached hydrogens (tertiary/aromatic N) is 10. The highest BCUT2D eigenvalue weighted by Crippen LogP contribution is 2.24. The molecule has 29 heteroatoms. The number of esters is 1. The number of aromatic nitrogens is 12. The average molecular weight is 1630 g/mol. The van der Waals surface area contributed by atoms with Crippen LogP contribution in [0.1, 0.15) is 158 Å². The fraction of sp³-hybridized carbons (Fsp3) is 0.212. The number of amides is 1. The summed E-state index contributed by atoms with van der Waals surface area (Å²) in [6.45, 7) is 17.3. The Morgan fingerprint density at radius 3 is 1.04 bits per heavy atom. The number of H-pyrrole nitrogens is 2. The minimum atomic E-state index is -0.943. The number of benzene rings is 5. The van der Waals surface area contributed by atoms with Crippen LogP contribution in [0.5, 0.6) is 24.0 Å². The molecule has 0 spiro atoms. The number of pyridine rings is 2. The van der Waals surface area contributed by atoms with Gasteiger partial charge >= 0.3 is 36.0 Å². The Morgan fingerprint density at radius 1 is 0.459 bits per heavy atom. The van der Waals surface area contributed by atoms with Gasteiger partial charge in [0, 0.05) is 112 Å². The fourth-order valence-electron chi connectivity index (χ4n) is 9.36. The van der Waals surface area contributed by atoms with Crippen LogP contribution in [0.25, 0.3) is 0 Å². The van der Waals surface area contributed by atoms with Crippen LogP contribution in [-0.4, -0.2) is 95.0 Å². The number of methoxy groups -OCH3 is 1. The van der Waals surface area contributed by atoms with Crippen LogP contribution in [-0.2, 0) is 17.8 Å². The lowest BCUT2D eigenvalue weighted by Crippen LogP contribution is -2.27. The summed E-state index contributed by atoms with van der Waals surface area (Å²) < 4.78 is 29.1. The molecule has 566 valence electrons. The monoisotopic (exact) mass is 1620 g/mol. The van der Waals surface area contributed by atoms with Crippen molar-refractivity contribution in [2.45, 2.75) is 106 Å². The molecule has 5 aromatic carbocycles. The number of aryl methyl sites for hydroxylation is 4. The van der Waals surface area contributed by atoms with Crippen LogP contribution in [0.2, 0.25) is 5.28 Å². The molecule has 109 heavy (non-hydrogen) atoms. The number of aliphatic hydroxyl groups is 1.